The number of carbonyl (C=O) groups excluding carboxylic acids is 4. The van der Waals surface area contributed by atoms with Gasteiger partial charge in [0, 0.05) is 20.0 Å². The summed E-state index contributed by atoms with van der Waals surface area (Å²) in [5, 5.41) is 0. The van der Waals surface area contributed by atoms with Crippen LogP contribution >= 0.6 is 0 Å². The second kappa shape index (κ2) is 7.72. The van der Waals surface area contributed by atoms with Gasteiger partial charge < -0.3 is 9.64 Å². The summed E-state index contributed by atoms with van der Waals surface area (Å²) >= 11 is 0. The summed E-state index contributed by atoms with van der Waals surface area (Å²) in [5.74, 6) is -1.36. The van der Waals surface area contributed by atoms with Gasteiger partial charge in [-0.3, -0.25) is 24.1 Å². The van der Waals surface area contributed by atoms with Crippen molar-refractivity contribution in [3.05, 3.63) is 35.4 Å². The maximum absolute atomic E-state index is 12.2. The van der Waals surface area contributed by atoms with E-state index in [0.29, 0.717) is 17.5 Å². The first-order chi connectivity index (χ1) is 11.5. The highest BCUT2D eigenvalue weighted by atomic mass is 16.5. The number of hydrogen-bond acceptors (Lipinski definition) is 5. The average molecular weight is 332 g/mol. The van der Waals surface area contributed by atoms with E-state index < -0.39 is 5.97 Å². The number of rotatable bonds is 7. The monoisotopic (exact) mass is 332 g/mol. The number of nitrogens with zero attached hydrogens (tertiary/aromatic N) is 2. The molecule has 0 spiro atoms. The number of likely N-dealkylation sites (N-methyl/N-ethyl adjacent to an activating group) is 1. The van der Waals surface area contributed by atoms with Crippen molar-refractivity contribution >= 4 is 23.7 Å². The average Bonchev–Trinajstić information content (AvgIpc) is 2.80. The fraction of sp³-hybridized carbons (Fsp3) is 0.412. The first-order valence-corrected chi connectivity index (χ1v) is 7.80. The minimum atomic E-state index is -0.464. The van der Waals surface area contributed by atoms with Crippen LogP contribution in [-0.2, 0) is 14.3 Å². The van der Waals surface area contributed by atoms with Crippen LogP contribution in [0.4, 0.5) is 0 Å². The lowest BCUT2D eigenvalue weighted by Gasteiger charge is -2.17. The summed E-state index contributed by atoms with van der Waals surface area (Å²) in [5.41, 5.74) is 0.793. The second-order valence-electron chi connectivity index (χ2n) is 5.47. The molecule has 128 valence electrons. The Morgan fingerprint density at radius 3 is 2.25 bits per heavy atom. The summed E-state index contributed by atoms with van der Waals surface area (Å²) in [6, 6.07) is 6.66. The Balaban J connectivity index is 1.83. The molecule has 0 aliphatic carbocycles. The van der Waals surface area contributed by atoms with Crippen molar-refractivity contribution in [3.63, 3.8) is 0 Å². The van der Waals surface area contributed by atoms with Gasteiger partial charge in [-0.05, 0) is 25.5 Å². The van der Waals surface area contributed by atoms with Crippen LogP contribution in [0.25, 0.3) is 0 Å². The zero-order valence-electron chi connectivity index (χ0n) is 13.8. The Morgan fingerprint density at radius 2 is 1.71 bits per heavy atom. The number of amides is 3. The summed E-state index contributed by atoms with van der Waals surface area (Å²) in [6.07, 6.45) is 0.487. The van der Waals surface area contributed by atoms with E-state index in [1.54, 1.807) is 31.2 Å². The molecule has 24 heavy (non-hydrogen) atoms. The van der Waals surface area contributed by atoms with Crippen LogP contribution in [0, 0.1) is 0 Å². The lowest BCUT2D eigenvalue weighted by molar-refractivity contribution is -0.148. The van der Waals surface area contributed by atoms with Gasteiger partial charge in [0.2, 0.25) is 5.91 Å². The molecular weight excluding hydrogens is 312 g/mol. The molecule has 0 aromatic heterocycles. The number of imide groups is 1. The van der Waals surface area contributed by atoms with E-state index in [9.17, 15) is 19.2 Å². The van der Waals surface area contributed by atoms with Gasteiger partial charge >= 0.3 is 5.97 Å². The van der Waals surface area contributed by atoms with Crippen LogP contribution in [-0.4, -0.2) is 60.2 Å². The highest BCUT2D eigenvalue weighted by Gasteiger charge is 2.34. The van der Waals surface area contributed by atoms with E-state index >= 15 is 0 Å². The van der Waals surface area contributed by atoms with Gasteiger partial charge in [-0.15, -0.1) is 0 Å². The molecule has 3 amide bonds. The molecule has 1 aliphatic rings. The lowest BCUT2D eigenvalue weighted by atomic mass is 10.1. The Kier molecular flexibility index (Phi) is 5.68. The molecule has 0 atom stereocenters. The first kappa shape index (κ1) is 17.7. The number of hydrogen-bond donors (Lipinski definition) is 0. The highest BCUT2D eigenvalue weighted by molar-refractivity contribution is 6.21. The summed E-state index contributed by atoms with van der Waals surface area (Å²) < 4.78 is 4.78. The second-order valence-corrected chi connectivity index (χ2v) is 5.47. The van der Waals surface area contributed by atoms with Crippen LogP contribution < -0.4 is 0 Å². The number of ether oxygens (including phenoxy) is 1. The zero-order chi connectivity index (χ0) is 17.7. The largest absolute Gasteiger partial charge is 0.465 e. The molecule has 0 fully saturated rings. The van der Waals surface area contributed by atoms with Crippen LogP contribution in [0.5, 0.6) is 0 Å². The predicted molar refractivity (Wildman–Crippen MR) is 85.3 cm³/mol. The molecule has 0 saturated carbocycles. The van der Waals surface area contributed by atoms with Gasteiger partial charge in [-0.25, -0.2) is 0 Å². The van der Waals surface area contributed by atoms with Gasteiger partial charge in [-0.2, -0.15) is 0 Å². The van der Waals surface area contributed by atoms with Crippen molar-refractivity contribution < 1.29 is 23.9 Å². The molecular formula is C17H20N2O5. The van der Waals surface area contributed by atoms with Crippen molar-refractivity contribution in [1.82, 2.24) is 9.80 Å². The number of benzene rings is 1. The van der Waals surface area contributed by atoms with Crippen molar-refractivity contribution in [2.45, 2.75) is 19.8 Å². The summed E-state index contributed by atoms with van der Waals surface area (Å²) in [6.45, 7) is 2.02. The van der Waals surface area contributed by atoms with E-state index in [2.05, 4.69) is 0 Å². The van der Waals surface area contributed by atoms with Gasteiger partial charge in [0.15, 0.2) is 0 Å². The molecule has 0 N–H and O–H groups in total. The molecule has 1 aromatic carbocycles. The molecule has 0 bridgehead atoms. The molecule has 1 aromatic rings. The van der Waals surface area contributed by atoms with Gasteiger partial charge in [-0.1, -0.05) is 12.1 Å². The van der Waals surface area contributed by atoms with Gasteiger partial charge in [0.05, 0.1) is 17.7 Å². The summed E-state index contributed by atoms with van der Waals surface area (Å²) in [4.78, 5) is 50.1. The van der Waals surface area contributed by atoms with E-state index in [4.69, 9.17) is 4.74 Å². The molecule has 0 saturated heterocycles. The van der Waals surface area contributed by atoms with Crippen molar-refractivity contribution in [2.75, 3.05) is 26.7 Å². The SMILES string of the molecule is CCOC(=O)CN(C)C(=O)CCCN1C(=O)c2ccccc2C1=O. The van der Waals surface area contributed by atoms with E-state index in [0.717, 1.165) is 4.90 Å². The van der Waals surface area contributed by atoms with Crippen LogP contribution in [0.1, 0.15) is 40.5 Å². The predicted octanol–water partition coefficient (Wildman–Crippen LogP) is 1.08. The number of esters is 1. The maximum atomic E-state index is 12.2. The van der Waals surface area contributed by atoms with E-state index in [1.807, 2.05) is 0 Å². The van der Waals surface area contributed by atoms with Gasteiger partial charge in [0.1, 0.15) is 6.54 Å². The maximum Gasteiger partial charge on any atom is 0.325 e. The number of carbonyl (C=O) groups is 4. The highest BCUT2D eigenvalue weighted by Crippen LogP contribution is 2.22. The molecule has 7 heteroatoms. The topological polar surface area (TPSA) is 84.0 Å². The lowest BCUT2D eigenvalue weighted by Crippen LogP contribution is -2.34. The van der Waals surface area contributed by atoms with Crippen LogP contribution in [0.15, 0.2) is 24.3 Å². The third-order valence-corrected chi connectivity index (χ3v) is 3.75. The quantitative estimate of drug-likeness (QED) is 0.551. The molecule has 0 radical (unpaired) electrons. The van der Waals surface area contributed by atoms with Gasteiger partial charge in [0.25, 0.3) is 11.8 Å². The Hall–Kier alpha value is -2.70. The third-order valence-electron chi connectivity index (χ3n) is 3.75. The molecule has 0 unspecified atom stereocenters. The molecule has 7 nitrogen and oxygen atoms in total. The normalized spacial score (nSPS) is 13.0. The third kappa shape index (κ3) is 3.79. The molecule has 1 aliphatic heterocycles. The fourth-order valence-corrected chi connectivity index (χ4v) is 2.51. The Labute approximate surface area is 140 Å². The van der Waals surface area contributed by atoms with Crippen molar-refractivity contribution in [2.24, 2.45) is 0 Å². The fourth-order valence-electron chi connectivity index (χ4n) is 2.51. The number of fused-ring (bicyclic) bond motifs is 1. The Bertz CT molecular complexity index is 636. The summed E-state index contributed by atoms with van der Waals surface area (Å²) in [7, 11) is 1.52. The van der Waals surface area contributed by atoms with Crippen molar-refractivity contribution in [1.29, 1.82) is 0 Å². The zero-order valence-corrected chi connectivity index (χ0v) is 13.8. The molecule has 2 rings (SSSR count). The van der Waals surface area contributed by atoms with E-state index in [-0.39, 0.29) is 43.8 Å². The van der Waals surface area contributed by atoms with Crippen LogP contribution in [0.2, 0.25) is 0 Å². The Morgan fingerprint density at radius 1 is 1.12 bits per heavy atom. The minimum Gasteiger partial charge on any atom is -0.465 e. The smallest absolute Gasteiger partial charge is 0.325 e. The van der Waals surface area contributed by atoms with Crippen molar-refractivity contribution in [3.8, 4) is 0 Å². The van der Waals surface area contributed by atoms with E-state index in [1.165, 1.54) is 11.9 Å². The molecule has 1 heterocycles. The minimum absolute atomic E-state index is 0.111. The standard InChI is InChI=1S/C17H20N2O5/c1-3-24-15(21)11-18(2)14(20)9-6-10-19-16(22)12-7-4-5-8-13(12)17(19)23/h4-5,7-8H,3,6,9-11H2,1-2H3. The van der Waals surface area contributed by atoms with Crippen LogP contribution in [0.3, 0.4) is 0 Å². The first-order valence-electron chi connectivity index (χ1n) is 7.80.